The van der Waals surface area contributed by atoms with Gasteiger partial charge in [-0.05, 0) is 20.8 Å². The summed E-state index contributed by atoms with van der Waals surface area (Å²) in [6, 6.07) is 0.0929. The molecule has 70 valence electrons. The van der Waals surface area contributed by atoms with E-state index in [4.69, 9.17) is 5.73 Å². The summed E-state index contributed by atoms with van der Waals surface area (Å²) in [6.45, 7) is 7.02. The SMILES string of the molecule is CCn1ncc(C(C)N)c1C.Cl. The van der Waals surface area contributed by atoms with Crippen molar-refractivity contribution in [2.45, 2.75) is 33.4 Å². The predicted molar refractivity (Wildman–Crippen MR) is 52.5 cm³/mol. The average Bonchev–Trinajstić information content (AvgIpc) is 2.30. The fraction of sp³-hybridized carbons (Fsp3) is 0.625. The van der Waals surface area contributed by atoms with Gasteiger partial charge in [0.1, 0.15) is 0 Å². The van der Waals surface area contributed by atoms with Crippen LogP contribution >= 0.6 is 12.4 Å². The van der Waals surface area contributed by atoms with E-state index in [9.17, 15) is 0 Å². The maximum Gasteiger partial charge on any atom is 0.0540 e. The lowest BCUT2D eigenvalue weighted by Crippen LogP contribution is -2.07. The minimum Gasteiger partial charge on any atom is -0.324 e. The summed E-state index contributed by atoms with van der Waals surface area (Å²) in [5.74, 6) is 0. The van der Waals surface area contributed by atoms with Crippen LogP contribution in [0.15, 0.2) is 6.20 Å². The van der Waals surface area contributed by atoms with Crippen LogP contribution < -0.4 is 5.73 Å². The van der Waals surface area contributed by atoms with Crippen molar-refractivity contribution < 1.29 is 0 Å². The van der Waals surface area contributed by atoms with Gasteiger partial charge in [-0.1, -0.05) is 0 Å². The molecule has 0 bridgehead atoms. The first-order valence-electron chi connectivity index (χ1n) is 3.94. The molecule has 0 saturated heterocycles. The van der Waals surface area contributed by atoms with Gasteiger partial charge in [0.05, 0.1) is 6.20 Å². The Labute approximate surface area is 79.4 Å². The molecule has 12 heavy (non-hydrogen) atoms. The first kappa shape index (κ1) is 11.5. The maximum atomic E-state index is 5.73. The molecule has 3 nitrogen and oxygen atoms in total. The Hall–Kier alpha value is -0.540. The van der Waals surface area contributed by atoms with Gasteiger partial charge in [-0.3, -0.25) is 4.68 Å². The highest BCUT2D eigenvalue weighted by Crippen LogP contribution is 2.13. The predicted octanol–water partition coefficient (Wildman–Crippen LogP) is 1.65. The van der Waals surface area contributed by atoms with Crippen molar-refractivity contribution in [3.63, 3.8) is 0 Å². The van der Waals surface area contributed by atoms with Crippen LogP contribution in [0.4, 0.5) is 0 Å². The van der Waals surface area contributed by atoms with Crippen molar-refractivity contribution in [3.05, 3.63) is 17.5 Å². The van der Waals surface area contributed by atoms with Gasteiger partial charge in [-0.25, -0.2) is 0 Å². The molecular formula is C8H16ClN3. The van der Waals surface area contributed by atoms with E-state index in [1.165, 1.54) is 5.69 Å². The third-order valence-corrected chi connectivity index (χ3v) is 1.93. The summed E-state index contributed by atoms with van der Waals surface area (Å²) in [7, 11) is 0. The number of hydrogen-bond donors (Lipinski definition) is 1. The zero-order chi connectivity index (χ0) is 8.43. The minimum absolute atomic E-state index is 0. The number of aromatic nitrogens is 2. The first-order chi connectivity index (χ1) is 5.16. The standard InChI is InChI=1S/C8H15N3.ClH/c1-4-11-7(3)8(5-10-11)6(2)9;/h5-6H,4,9H2,1-3H3;1H. The van der Waals surface area contributed by atoms with Gasteiger partial charge in [0.2, 0.25) is 0 Å². The Balaban J connectivity index is 0.00000121. The van der Waals surface area contributed by atoms with Gasteiger partial charge >= 0.3 is 0 Å². The summed E-state index contributed by atoms with van der Waals surface area (Å²) in [6.07, 6.45) is 1.85. The lowest BCUT2D eigenvalue weighted by molar-refractivity contribution is 0.636. The molecule has 0 aliphatic carbocycles. The normalized spacial score (nSPS) is 12.3. The van der Waals surface area contributed by atoms with E-state index in [2.05, 4.69) is 18.9 Å². The fourth-order valence-electron chi connectivity index (χ4n) is 1.23. The van der Waals surface area contributed by atoms with E-state index >= 15 is 0 Å². The van der Waals surface area contributed by atoms with E-state index in [-0.39, 0.29) is 18.4 Å². The molecule has 0 aliphatic rings. The van der Waals surface area contributed by atoms with Gasteiger partial charge in [0.15, 0.2) is 0 Å². The number of halogens is 1. The monoisotopic (exact) mass is 189 g/mol. The summed E-state index contributed by atoms with van der Waals surface area (Å²) in [5.41, 5.74) is 8.06. The average molecular weight is 190 g/mol. The number of aryl methyl sites for hydroxylation is 1. The van der Waals surface area contributed by atoms with Crippen LogP contribution in [-0.2, 0) is 6.54 Å². The van der Waals surface area contributed by atoms with Crippen molar-refractivity contribution in [1.29, 1.82) is 0 Å². The summed E-state index contributed by atoms with van der Waals surface area (Å²) < 4.78 is 1.96. The second-order valence-electron chi connectivity index (χ2n) is 2.79. The van der Waals surface area contributed by atoms with E-state index < -0.39 is 0 Å². The minimum atomic E-state index is 0. The molecule has 0 spiro atoms. The molecule has 0 aliphatic heterocycles. The fourth-order valence-corrected chi connectivity index (χ4v) is 1.23. The molecule has 0 aromatic carbocycles. The Morgan fingerprint density at radius 1 is 1.67 bits per heavy atom. The third kappa shape index (κ3) is 1.99. The quantitative estimate of drug-likeness (QED) is 0.769. The second kappa shape index (κ2) is 4.48. The van der Waals surface area contributed by atoms with Crippen molar-refractivity contribution in [2.24, 2.45) is 5.73 Å². The van der Waals surface area contributed by atoms with E-state index in [0.717, 1.165) is 12.1 Å². The summed E-state index contributed by atoms with van der Waals surface area (Å²) in [5, 5.41) is 4.19. The Kier molecular flexibility index (Phi) is 4.28. The molecule has 1 rings (SSSR count). The number of hydrogen-bond acceptors (Lipinski definition) is 2. The third-order valence-electron chi connectivity index (χ3n) is 1.93. The number of nitrogens with zero attached hydrogens (tertiary/aromatic N) is 2. The van der Waals surface area contributed by atoms with E-state index in [1.807, 2.05) is 17.8 Å². The van der Waals surface area contributed by atoms with Crippen molar-refractivity contribution in [1.82, 2.24) is 9.78 Å². The van der Waals surface area contributed by atoms with Gasteiger partial charge in [-0.15, -0.1) is 12.4 Å². The molecule has 0 radical (unpaired) electrons. The van der Waals surface area contributed by atoms with Crippen LogP contribution in [0.2, 0.25) is 0 Å². The first-order valence-corrected chi connectivity index (χ1v) is 3.94. The zero-order valence-electron chi connectivity index (χ0n) is 7.74. The van der Waals surface area contributed by atoms with Gasteiger partial charge in [-0.2, -0.15) is 5.10 Å². The van der Waals surface area contributed by atoms with E-state index in [1.54, 1.807) is 0 Å². The summed E-state index contributed by atoms with van der Waals surface area (Å²) >= 11 is 0. The molecule has 0 fully saturated rings. The molecule has 1 aromatic heterocycles. The highest BCUT2D eigenvalue weighted by Gasteiger charge is 2.07. The van der Waals surface area contributed by atoms with Gasteiger partial charge in [0, 0.05) is 23.8 Å². The Bertz CT molecular complexity index is 242. The van der Waals surface area contributed by atoms with Crippen molar-refractivity contribution in [2.75, 3.05) is 0 Å². The highest BCUT2D eigenvalue weighted by atomic mass is 35.5. The molecular weight excluding hydrogens is 174 g/mol. The molecule has 4 heteroatoms. The molecule has 2 N–H and O–H groups in total. The molecule has 0 saturated carbocycles. The lowest BCUT2D eigenvalue weighted by atomic mass is 10.1. The Morgan fingerprint density at radius 2 is 2.25 bits per heavy atom. The zero-order valence-corrected chi connectivity index (χ0v) is 8.56. The van der Waals surface area contributed by atoms with Crippen molar-refractivity contribution >= 4 is 12.4 Å². The molecule has 0 amide bonds. The van der Waals surface area contributed by atoms with Crippen LogP contribution in [0.25, 0.3) is 0 Å². The molecule has 1 heterocycles. The number of rotatable bonds is 2. The van der Waals surface area contributed by atoms with Crippen molar-refractivity contribution in [3.8, 4) is 0 Å². The highest BCUT2D eigenvalue weighted by molar-refractivity contribution is 5.85. The molecule has 1 aromatic rings. The smallest absolute Gasteiger partial charge is 0.0540 e. The van der Waals surface area contributed by atoms with Crippen LogP contribution in [0.5, 0.6) is 0 Å². The van der Waals surface area contributed by atoms with Crippen LogP contribution in [0, 0.1) is 6.92 Å². The lowest BCUT2D eigenvalue weighted by Gasteiger charge is -2.04. The molecule has 1 unspecified atom stereocenters. The summed E-state index contributed by atoms with van der Waals surface area (Å²) in [4.78, 5) is 0. The van der Waals surface area contributed by atoms with E-state index in [0.29, 0.717) is 0 Å². The molecule has 1 atom stereocenters. The van der Waals surface area contributed by atoms with Crippen LogP contribution in [-0.4, -0.2) is 9.78 Å². The van der Waals surface area contributed by atoms with Gasteiger partial charge in [0.25, 0.3) is 0 Å². The van der Waals surface area contributed by atoms with Crippen LogP contribution in [0.3, 0.4) is 0 Å². The maximum absolute atomic E-state index is 5.73. The number of nitrogens with two attached hydrogens (primary N) is 1. The topological polar surface area (TPSA) is 43.8 Å². The largest absolute Gasteiger partial charge is 0.324 e. The van der Waals surface area contributed by atoms with Gasteiger partial charge < -0.3 is 5.73 Å². The van der Waals surface area contributed by atoms with Crippen LogP contribution in [0.1, 0.15) is 31.1 Å². The Morgan fingerprint density at radius 3 is 2.50 bits per heavy atom. The second-order valence-corrected chi connectivity index (χ2v) is 2.79.